The van der Waals surface area contributed by atoms with E-state index in [1.54, 1.807) is 24.3 Å². The molecule has 0 atom stereocenters. The van der Waals surface area contributed by atoms with E-state index >= 15 is 0 Å². The number of hydrogen-bond donors (Lipinski definition) is 0. The molecule has 4 rings (SSSR count). The SMILES string of the molecule is O=C(ON1C(=O)c2ccccc2C1=O)c1ccc(CN2CCSCC2)cc1. The lowest BCUT2D eigenvalue weighted by molar-refractivity contribution is -0.0584. The van der Waals surface area contributed by atoms with Gasteiger partial charge in [-0.3, -0.25) is 14.5 Å². The standard InChI is InChI=1S/C20H18N2O4S/c23-18-16-3-1-2-4-17(16)19(24)22(18)26-20(25)15-7-5-14(6-8-15)13-21-9-11-27-12-10-21/h1-8H,9-13H2. The molecule has 0 unspecified atom stereocenters. The average Bonchev–Trinajstić information content (AvgIpc) is 2.94. The summed E-state index contributed by atoms with van der Waals surface area (Å²) in [4.78, 5) is 44.4. The fraction of sp³-hybridized carbons (Fsp3) is 0.250. The van der Waals surface area contributed by atoms with Crippen LogP contribution < -0.4 is 0 Å². The molecular formula is C20H18N2O4S. The van der Waals surface area contributed by atoms with E-state index in [1.165, 1.54) is 12.1 Å². The van der Waals surface area contributed by atoms with Crippen molar-refractivity contribution >= 4 is 29.5 Å². The Morgan fingerprint density at radius 1 is 0.926 bits per heavy atom. The average molecular weight is 382 g/mol. The van der Waals surface area contributed by atoms with Crippen LogP contribution in [0.25, 0.3) is 0 Å². The Morgan fingerprint density at radius 2 is 1.52 bits per heavy atom. The maximum atomic E-state index is 12.4. The molecule has 27 heavy (non-hydrogen) atoms. The fourth-order valence-corrected chi connectivity index (χ4v) is 4.13. The van der Waals surface area contributed by atoms with Crippen molar-refractivity contribution in [2.45, 2.75) is 6.54 Å². The van der Waals surface area contributed by atoms with Crippen molar-refractivity contribution in [1.82, 2.24) is 9.96 Å². The Bertz CT molecular complexity index is 856. The zero-order chi connectivity index (χ0) is 18.8. The summed E-state index contributed by atoms with van der Waals surface area (Å²) in [7, 11) is 0. The van der Waals surface area contributed by atoms with Gasteiger partial charge in [-0.05, 0) is 29.8 Å². The highest BCUT2D eigenvalue weighted by Gasteiger charge is 2.38. The second-order valence-electron chi connectivity index (χ2n) is 6.41. The molecule has 2 aromatic carbocycles. The molecule has 0 N–H and O–H groups in total. The predicted molar refractivity (Wildman–Crippen MR) is 101 cm³/mol. The Kier molecular flexibility index (Phi) is 4.96. The van der Waals surface area contributed by atoms with Crippen LogP contribution in [-0.2, 0) is 11.4 Å². The summed E-state index contributed by atoms with van der Waals surface area (Å²) in [5, 5.41) is 0.534. The molecule has 1 saturated heterocycles. The molecule has 2 aliphatic heterocycles. The zero-order valence-electron chi connectivity index (χ0n) is 14.6. The van der Waals surface area contributed by atoms with Crippen LogP contribution >= 0.6 is 11.8 Å². The van der Waals surface area contributed by atoms with Crippen molar-refractivity contribution in [2.24, 2.45) is 0 Å². The quantitative estimate of drug-likeness (QED) is 0.758. The van der Waals surface area contributed by atoms with Gasteiger partial charge in [0.15, 0.2) is 0 Å². The van der Waals surface area contributed by atoms with Gasteiger partial charge in [0.1, 0.15) is 0 Å². The summed E-state index contributed by atoms with van der Waals surface area (Å²) in [6.07, 6.45) is 0. The summed E-state index contributed by atoms with van der Waals surface area (Å²) in [6.45, 7) is 2.97. The molecule has 6 nitrogen and oxygen atoms in total. The maximum absolute atomic E-state index is 12.4. The van der Waals surface area contributed by atoms with Crippen molar-refractivity contribution in [3.8, 4) is 0 Å². The number of benzene rings is 2. The number of nitrogens with zero attached hydrogens (tertiary/aromatic N) is 2. The molecule has 1 fully saturated rings. The van der Waals surface area contributed by atoms with Gasteiger partial charge in [0.25, 0.3) is 11.8 Å². The van der Waals surface area contributed by atoms with Gasteiger partial charge in [-0.25, -0.2) is 4.79 Å². The Hall–Kier alpha value is -2.64. The Balaban J connectivity index is 1.41. The van der Waals surface area contributed by atoms with Crippen LogP contribution in [0.5, 0.6) is 0 Å². The minimum absolute atomic E-state index is 0.241. The summed E-state index contributed by atoms with van der Waals surface area (Å²) in [6, 6.07) is 13.5. The summed E-state index contributed by atoms with van der Waals surface area (Å²) < 4.78 is 0. The van der Waals surface area contributed by atoms with E-state index in [2.05, 4.69) is 4.90 Å². The molecule has 2 amide bonds. The van der Waals surface area contributed by atoms with E-state index in [9.17, 15) is 14.4 Å². The fourth-order valence-electron chi connectivity index (χ4n) is 3.15. The van der Waals surface area contributed by atoms with Gasteiger partial charge in [0.2, 0.25) is 0 Å². The van der Waals surface area contributed by atoms with Crippen LogP contribution in [0.1, 0.15) is 36.6 Å². The van der Waals surface area contributed by atoms with Crippen LogP contribution in [-0.4, -0.2) is 52.3 Å². The van der Waals surface area contributed by atoms with Gasteiger partial charge in [0, 0.05) is 31.1 Å². The van der Waals surface area contributed by atoms with Crippen molar-refractivity contribution in [2.75, 3.05) is 24.6 Å². The topological polar surface area (TPSA) is 66.9 Å². The molecule has 0 aromatic heterocycles. The van der Waals surface area contributed by atoms with Crippen LogP contribution in [0.4, 0.5) is 0 Å². The van der Waals surface area contributed by atoms with Crippen molar-refractivity contribution in [3.05, 3.63) is 70.8 Å². The number of amides is 2. The van der Waals surface area contributed by atoms with Gasteiger partial charge >= 0.3 is 5.97 Å². The number of rotatable bonds is 4. The van der Waals surface area contributed by atoms with Crippen molar-refractivity contribution in [1.29, 1.82) is 0 Å². The smallest absolute Gasteiger partial charge is 0.324 e. The molecule has 0 saturated carbocycles. The predicted octanol–water partition coefficient (Wildman–Crippen LogP) is 2.60. The van der Waals surface area contributed by atoms with Gasteiger partial charge in [-0.2, -0.15) is 11.8 Å². The first-order valence-corrected chi connectivity index (χ1v) is 9.88. The number of thioether (sulfide) groups is 1. The van der Waals surface area contributed by atoms with Gasteiger partial charge in [0.05, 0.1) is 16.7 Å². The minimum atomic E-state index is -0.731. The molecule has 0 bridgehead atoms. The Morgan fingerprint density at radius 3 is 2.11 bits per heavy atom. The zero-order valence-corrected chi connectivity index (χ0v) is 15.4. The molecule has 0 spiro atoms. The van der Waals surface area contributed by atoms with Crippen molar-refractivity contribution in [3.63, 3.8) is 0 Å². The van der Waals surface area contributed by atoms with E-state index in [4.69, 9.17) is 4.84 Å². The third kappa shape index (κ3) is 3.61. The molecule has 2 aliphatic rings. The second-order valence-corrected chi connectivity index (χ2v) is 7.64. The highest BCUT2D eigenvalue weighted by molar-refractivity contribution is 7.99. The lowest BCUT2D eigenvalue weighted by Gasteiger charge is -2.26. The van der Waals surface area contributed by atoms with E-state index < -0.39 is 17.8 Å². The summed E-state index contributed by atoms with van der Waals surface area (Å²) in [5.41, 5.74) is 1.89. The minimum Gasteiger partial charge on any atom is -0.324 e. The van der Waals surface area contributed by atoms with E-state index in [1.807, 2.05) is 23.9 Å². The molecule has 2 aromatic rings. The monoisotopic (exact) mass is 382 g/mol. The lowest BCUT2D eigenvalue weighted by Crippen LogP contribution is -2.33. The maximum Gasteiger partial charge on any atom is 0.363 e. The number of imide groups is 1. The number of hydroxylamine groups is 2. The van der Waals surface area contributed by atoms with Gasteiger partial charge in [-0.15, -0.1) is 0 Å². The van der Waals surface area contributed by atoms with Crippen LogP contribution in [0, 0.1) is 0 Å². The molecule has 7 heteroatoms. The number of carbonyl (C=O) groups excluding carboxylic acids is 3. The third-order valence-electron chi connectivity index (χ3n) is 4.63. The van der Waals surface area contributed by atoms with Crippen molar-refractivity contribution < 1.29 is 19.2 Å². The first-order chi connectivity index (χ1) is 13.1. The highest BCUT2D eigenvalue weighted by atomic mass is 32.2. The van der Waals surface area contributed by atoms with Gasteiger partial charge < -0.3 is 4.84 Å². The molecular weight excluding hydrogens is 364 g/mol. The van der Waals surface area contributed by atoms with Gasteiger partial charge in [-0.1, -0.05) is 29.3 Å². The van der Waals surface area contributed by atoms with Crippen LogP contribution in [0.2, 0.25) is 0 Å². The van der Waals surface area contributed by atoms with Crippen LogP contribution in [0.3, 0.4) is 0 Å². The largest absolute Gasteiger partial charge is 0.363 e. The number of carbonyl (C=O) groups is 3. The molecule has 138 valence electrons. The Labute approximate surface area is 161 Å². The third-order valence-corrected chi connectivity index (χ3v) is 5.57. The normalized spacial score (nSPS) is 17.1. The summed E-state index contributed by atoms with van der Waals surface area (Å²) in [5.74, 6) is 0.313. The molecule has 2 heterocycles. The lowest BCUT2D eigenvalue weighted by atomic mass is 10.1. The molecule has 0 aliphatic carbocycles. The summed E-state index contributed by atoms with van der Waals surface area (Å²) >= 11 is 1.96. The van der Waals surface area contributed by atoms with E-state index in [0.717, 1.165) is 36.7 Å². The second kappa shape index (κ2) is 7.54. The van der Waals surface area contributed by atoms with E-state index in [0.29, 0.717) is 10.6 Å². The highest BCUT2D eigenvalue weighted by Crippen LogP contribution is 2.23. The first kappa shape index (κ1) is 17.8. The van der Waals surface area contributed by atoms with E-state index in [-0.39, 0.29) is 11.1 Å². The first-order valence-electron chi connectivity index (χ1n) is 8.72. The number of fused-ring (bicyclic) bond motifs is 1. The van der Waals surface area contributed by atoms with Crippen LogP contribution in [0.15, 0.2) is 48.5 Å². The number of hydrogen-bond acceptors (Lipinski definition) is 6. The molecule has 0 radical (unpaired) electrons.